The first-order valence-corrected chi connectivity index (χ1v) is 16.9. The summed E-state index contributed by atoms with van der Waals surface area (Å²) in [7, 11) is 1.98. The number of nitrogens with zero attached hydrogens (tertiary/aromatic N) is 3. The van der Waals surface area contributed by atoms with Crippen molar-refractivity contribution in [3.05, 3.63) is 82.2 Å². The van der Waals surface area contributed by atoms with Crippen LogP contribution in [0.4, 0.5) is 11.4 Å². The van der Waals surface area contributed by atoms with Gasteiger partial charge in [-0.2, -0.15) is 4.58 Å². The van der Waals surface area contributed by atoms with E-state index in [4.69, 9.17) is 0 Å². The van der Waals surface area contributed by atoms with Crippen molar-refractivity contribution in [3.8, 4) is 0 Å². The van der Waals surface area contributed by atoms with E-state index in [1.54, 1.807) is 23.5 Å². The van der Waals surface area contributed by atoms with E-state index in [2.05, 4.69) is 18.4 Å². The van der Waals surface area contributed by atoms with Gasteiger partial charge in [0.05, 0.1) is 40.2 Å². The van der Waals surface area contributed by atoms with Crippen LogP contribution in [0, 0.1) is 29.6 Å². The molecule has 3 unspecified atom stereocenters. The zero-order valence-electron chi connectivity index (χ0n) is 24.5. The molecule has 4 aliphatic rings. The van der Waals surface area contributed by atoms with Crippen LogP contribution < -0.4 is 14.9 Å². The summed E-state index contributed by atoms with van der Waals surface area (Å²) in [5, 5.41) is 14.3. The highest BCUT2D eigenvalue weighted by Crippen LogP contribution is 2.56. The van der Waals surface area contributed by atoms with Crippen LogP contribution in [0.1, 0.15) is 31.4 Å². The number of hydrogen-bond donors (Lipinski definition) is 0. The average molecular weight is 602 g/mol. The topological polar surface area (TPSA) is 83.8 Å². The molecule has 7 nitrogen and oxygen atoms in total. The molecule has 3 amide bonds. The molecule has 5 atom stereocenters. The molecular formula is C33H35N3O4S2. The van der Waals surface area contributed by atoms with Gasteiger partial charge in [-0.3, -0.25) is 24.2 Å². The second kappa shape index (κ2) is 11.1. The van der Waals surface area contributed by atoms with Gasteiger partial charge in [0, 0.05) is 5.69 Å². The van der Waals surface area contributed by atoms with E-state index in [0.29, 0.717) is 17.8 Å². The molecule has 2 aromatic carbocycles. The minimum absolute atomic E-state index is 0.186. The highest BCUT2D eigenvalue weighted by atomic mass is 32.2. The molecular weight excluding hydrogens is 567 g/mol. The van der Waals surface area contributed by atoms with Crippen LogP contribution in [0.5, 0.6) is 0 Å². The third kappa shape index (κ3) is 4.27. The lowest BCUT2D eigenvalue weighted by molar-refractivity contribution is -0.442. The quantitative estimate of drug-likeness (QED) is 0.361. The van der Waals surface area contributed by atoms with E-state index >= 15 is 0 Å². The van der Waals surface area contributed by atoms with E-state index in [0.717, 1.165) is 39.6 Å². The largest absolute Gasteiger partial charge is 0.860 e. The Balaban J connectivity index is 1.42. The highest BCUT2D eigenvalue weighted by molar-refractivity contribution is 8.13. The molecule has 42 heavy (non-hydrogen) atoms. The van der Waals surface area contributed by atoms with Crippen molar-refractivity contribution in [1.82, 2.24) is 0 Å². The molecule has 218 valence electrons. The van der Waals surface area contributed by atoms with Gasteiger partial charge in [-0.05, 0) is 73.0 Å². The van der Waals surface area contributed by atoms with Crippen molar-refractivity contribution in [3.63, 3.8) is 0 Å². The predicted octanol–water partition coefficient (Wildman–Crippen LogP) is 4.41. The van der Waals surface area contributed by atoms with Gasteiger partial charge in [0.2, 0.25) is 22.8 Å². The lowest BCUT2D eigenvalue weighted by Crippen LogP contribution is -2.42. The first-order chi connectivity index (χ1) is 20.2. The molecule has 3 aliphatic heterocycles. The van der Waals surface area contributed by atoms with E-state index < -0.39 is 29.6 Å². The Hall–Kier alpha value is -3.30. The normalized spacial score (nSPS) is 27.3. The molecule has 1 saturated heterocycles. The Bertz CT molecular complexity index is 1560. The summed E-state index contributed by atoms with van der Waals surface area (Å²) in [5.74, 6) is -3.72. The Morgan fingerprint density at radius 2 is 1.36 bits per heavy atom. The first-order valence-electron chi connectivity index (χ1n) is 14.5. The number of thioether (sulfide) groups is 2. The number of hydrogen-bond acceptors (Lipinski definition) is 6. The van der Waals surface area contributed by atoms with Crippen molar-refractivity contribution in [2.24, 2.45) is 29.6 Å². The fourth-order valence-corrected chi connectivity index (χ4v) is 9.02. The van der Waals surface area contributed by atoms with Crippen LogP contribution in [0.2, 0.25) is 0 Å². The predicted molar refractivity (Wildman–Crippen MR) is 167 cm³/mol. The molecule has 1 fully saturated rings. The third-order valence-corrected chi connectivity index (χ3v) is 11.2. The van der Waals surface area contributed by atoms with Crippen LogP contribution >= 0.6 is 23.5 Å². The van der Waals surface area contributed by atoms with Crippen molar-refractivity contribution in [1.29, 1.82) is 0 Å². The number of benzene rings is 2. The number of allylic oxidation sites excluding steroid dienone is 2. The lowest BCUT2D eigenvalue weighted by atomic mass is 9.68. The minimum Gasteiger partial charge on any atom is -0.860 e. The van der Waals surface area contributed by atoms with Crippen molar-refractivity contribution in [2.75, 3.05) is 29.4 Å². The number of imide groups is 1. The maximum absolute atomic E-state index is 14.3. The Labute approximate surface area is 255 Å². The summed E-state index contributed by atoms with van der Waals surface area (Å²) in [6, 6.07) is 15.1. The fourth-order valence-electron chi connectivity index (χ4n) is 7.25. The zero-order chi connectivity index (χ0) is 29.9. The van der Waals surface area contributed by atoms with Crippen molar-refractivity contribution in [2.45, 2.75) is 33.1 Å². The number of carbonyl (C=O) groups is 3. The van der Waals surface area contributed by atoms with Gasteiger partial charge in [0.1, 0.15) is 7.05 Å². The summed E-state index contributed by atoms with van der Waals surface area (Å²) in [6.07, 6.45) is 7.71. The smallest absolute Gasteiger partial charge is 0.238 e. The van der Waals surface area contributed by atoms with E-state index in [1.165, 1.54) is 15.9 Å². The Kier molecular flexibility index (Phi) is 7.60. The standard InChI is InChI=1S/C33H35N3O4S2/c1-6-18-8-12-20(13-9-18)35-25(37)17-23(30(35)38)27-28-26-22(16-24(41-4)29(28)34(3)33(27)42-5)31(39)36(32(26)40)21-14-10-19(7-2)11-15-21/h8-15,17,22-23,26-28H,6-7,16H2,1-5H3/t22-,23?,26-,27?,28?/m0/s1. The molecule has 0 N–H and O–H groups in total. The molecule has 0 saturated carbocycles. The monoisotopic (exact) mass is 601 g/mol. The second-order valence-corrected chi connectivity index (χ2v) is 13.0. The van der Waals surface area contributed by atoms with Crippen molar-refractivity contribution >= 4 is 57.7 Å². The number of carbonyl (C=O) groups excluding carboxylic acids is 3. The van der Waals surface area contributed by atoms with Gasteiger partial charge in [-0.15, -0.1) is 11.8 Å². The summed E-state index contributed by atoms with van der Waals surface area (Å²) < 4.78 is 2.11. The Morgan fingerprint density at radius 1 is 0.786 bits per heavy atom. The maximum Gasteiger partial charge on any atom is 0.238 e. The summed E-state index contributed by atoms with van der Waals surface area (Å²) in [4.78, 5) is 46.0. The first kappa shape index (κ1) is 28.8. The zero-order valence-corrected chi connectivity index (χ0v) is 26.1. The van der Waals surface area contributed by atoms with Gasteiger partial charge >= 0.3 is 0 Å². The SMILES string of the molecule is CCc1ccc(N2C(=O)[C@H]3CC(SC)=C4C(C(C5C=C([O-])N(c6ccc(CC)cc6)C5=O)C(SC)=[N+]4C)[C@H]3C2=O)cc1. The number of rotatable bonds is 6. The maximum atomic E-state index is 14.3. The molecule has 0 radical (unpaired) electrons. The number of aryl methyl sites for hydroxylation is 2. The fraction of sp³-hybridized carbons (Fsp3) is 0.394. The van der Waals surface area contributed by atoms with Gasteiger partial charge in [-0.25, -0.2) is 0 Å². The Morgan fingerprint density at radius 3 is 1.88 bits per heavy atom. The van der Waals surface area contributed by atoms with Gasteiger partial charge < -0.3 is 5.11 Å². The van der Waals surface area contributed by atoms with E-state index in [9.17, 15) is 19.5 Å². The highest BCUT2D eigenvalue weighted by Gasteiger charge is 2.65. The van der Waals surface area contributed by atoms with Crippen molar-refractivity contribution < 1.29 is 24.1 Å². The van der Waals surface area contributed by atoms with Crippen LogP contribution in [0.25, 0.3) is 0 Å². The molecule has 0 spiro atoms. The molecule has 0 bridgehead atoms. The molecule has 0 aromatic heterocycles. The molecule has 3 heterocycles. The molecule has 6 rings (SSSR count). The van der Waals surface area contributed by atoms with Crippen LogP contribution in [0.15, 0.2) is 71.1 Å². The van der Waals surface area contributed by atoms with E-state index in [1.807, 2.05) is 68.1 Å². The summed E-state index contributed by atoms with van der Waals surface area (Å²) in [6.45, 7) is 4.13. The van der Waals surface area contributed by atoms with Crippen LogP contribution in [-0.2, 0) is 27.2 Å². The molecule has 9 heteroatoms. The number of anilines is 2. The van der Waals surface area contributed by atoms with E-state index in [-0.39, 0.29) is 23.6 Å². The van der Waals surface area contributed by atoms with Crippen LogP contribution in [-0.4, -0.2) is 46.9 Å². The number of fused-ring (bicyclic) bond motifs is 3. The third-order valence-electron chi connectivity index (χ3n) is 9.33. The van der Waals surface area contributed by atoms with Gasteiger partial charge in [0.15, 0.2) is 5.70 Å². The van der Waals surface area contributed by atoms with Crippen LogP contribution in [0.3, 0.4) is 0 Å². The summed E-state index contributed by atoms with van der Waals surface area (Å²) >= 11 is 3.14. The number of amides is 3. The second-order valence-electron chi connectivity index (χ2n) is 11.3. The molecule has 1 aliphatic carbocycles. The minimum atomic E-state index is -0.738. The average Bonchev–Trinajstić information content (AvgIpc) is 3.57. The lowest BCUT2D eigenvalue weighted by Gasteiger charge is -2.32. The summed E-state index contributed by atoms with van der Waals surface area (Å²) in [5.41, 5.74) is 4.39. The van der Waals surface area contributed by atoms with Gasteiger partial charge in [0.25, 0.3) is 0 Å². The molecule has 2 aromatic rings. The van der Waals surface area contributed by atoms with Gasteiger partial charge in [-0.1, -0.05) is 56.0 Å².